The van der Waals surface area contributed by atoms with Gasteiger partial charge in [0.15, 0.2) is 17.4 Å². The zero-order chi connectivity index (χ0) is 29.9. The van der Waals surface area contributed by atoms with E-state index in [4.69, 9.17) is 30.5 Å². The highest BCUT2D eigenvalue weighted by Gasteiger charge is 2.27. The van der Waals surface area contributed by atoms with Gasteiger partial charge in [0.05, 0.1) is 43.1 Å². The van der Waals surface area contributed by atoms with E-state index in [1.165, 1.54) is 25.3 Å². The van der Waals surface area contributed by atoms with Gasteiger partial charge in [-0.15, -0.1) is 0 Å². The Labute approximate surface area is 252 Å². The number of fused-ring (bicyclic) bond motifs is 1. The van der Waals surface area contributed by atoms with Crippen LogP contribution in [0.4, 0.5) is 8.78 Å². The first-order valence-electron chi connectivity index (χ1n) is 14.2. The van der Waals surface area contributed by atoms with Crippen LogP contribution in [-0.4, -0.2) is 64.4 Å². The number of nitrogens with zero attached hydrogens (tertiary/aromatic N) is 4. The number of esters is 1. The minimum Gasteiger partial charge on any atom is -0.484 e. The lowest BCUT2D eigenvalue weighted by molar-refractivity contribution is -0.0592. The molecule has 43 heavy (non-hydrogen) atoms. The average Bonchev–Trinajstić information content (AvgIpc) is 3.32. The number of halogens is 3. The van der Waals surface area contributed by atoms with Gasteiger partial charge in [0.25, 0.3) is 0 Å². The van der Waals surface area contributed by atoms with Crippen LogP contribution in [0.3, 0.4) is 0 Å². The fraction of sp³-hybridized carbons (Fsp3) is 0.387. The normalized spacial score (nSPS) is 17.5. The molecule has 0 radical (unpaired) electrons. The molecular formula is C31H31ClF2N4O5. The Balaban J connectivity index is 1.09. The van der Waals surface area contributed by atoms with E-state index in [-0.39, 0.29) is 35.6 Å². The summed E-state index contributed by atoms with van der Waals surface area (Å²) in [4.78, 5) is 23.6. The van der Waals surface area contributed by atoms with Crippen LogP contribution >= 0.6 is 11.6 Å². The highest BCUT2D eigenvalue weighted by atomic mass is 35.5. The third kappa shape index (κ3) is 6.74. The van der Waals surface area contributed by atoms with Crippen LogP contribution in [-0.2, 0) is 29.2 Å². The molecule has 0 spiro atoms. The quantitative estimate of drug-likeness (QED) is 0.215. The van der Waals surface area contributed by atoms with E-state index in [1.807, 2.05) is 10.6 Å². The molecule has 0 bridgehead atoms. The number of likely N-dealkylation sites (tertiary alicyclic amines) is 1. The summed E-state index contributed by atoms with van der Waals surface area (Å²) in [5.41, 5.74) is 1.54. The molecule has 2 aliphatic heterocycles. The highest BCUT2D eigenvalue weighted by Crippen LogP contribution is 2.27. The number of hydrogen-bond donors (Lipinski definition) is 0. The van der Waals surface area contributed by atoms with Crippen molar-refractivity contribution >= 4 is 28.6 Å². The van der Waals surface area contributed by atoms with E-state index in [0.29, 0.717) is 41.8 Å². The van der Waals surface area contributed by atoms with E-state index < -0.39 is 17.6 Å². The maximum atomic E-state index is 15.0. The Morgan fingerprint density at radius 2 is 1.88 bits per heavy atom. The van der Waals surface area contributed by atoms with E-state index in [0.717, 1.165) is 38.2 Å². The van der Waals surface area contributed by atoms with Crippen LogP contribution in [0, 0.1) is 11.6 Å². The van der Waals surface area contributed by atoms with E-state index in [2.05, 4.69) is 14.9 Å². The summed E-state index contributed by atoms with van der Waals surface area (Å²) in [7, 11) is 1.27. The van der Waals surface area contributed by atoms with Crippen molar-refractivity contribution in [3.8, 4) is 11.6 Å². The van der Waals surface area contributed by atoms with Crippen LogP contribution in [0.15, 0.2) is 48.5 Å². The number of carbonyl (C=O) groups is 1. The second-order valence-corrected chi connectivity index (χ2v) is 11.1. The van der Waals surface area contributed by atoms with Gasteiger partial charge in [-0.2, -0.15) is 0 Å². The number of benzene rings is 2. The maximum Gasteiger partial charge on any atom is 0.338 e. The monoisotopic (exact) mass is 612 g/mol. The molecule has 9 nitrogen and oxygen atoms in total. The second-order valence-electron chi connectivity index (χ2n) is 10.7. The number of aromatic nitrogens is 3. The number of carbonyl (C=O) groups excluding carboxylic acids is 1. The number of piperidine rings is 1. The smallest absolute Gasteiger partial charge is 0.338 e. The van der Waals surface area contributed by atoms with E-state index >= 15 is 4.39 Å². The Hall–Kier alpha value is -3.80. The standard InChI is InChI=1S/C31H31ClF2N4O5/c1-40-31(39)19-13-25(34)30-26(14-19)38(16-23-9-12-41-23)28(36-30)17-37-10-7-22(8-11-37)43-29-4-2-3-21(35-29)18-42-27-6-5-20(32)15-24(27)33/h2-6,13-15,22-23H,7-12,16-18H2,1H3/t23-/m0/s1. The second kappa shape index (κ2) is 12.8. The molecule has 2 aromatic heterocycles. The fourth-order valence-corrected chi connectivity index (χ4v) is 5.48. The van der Waals surface area contributed by atoms with Crippen molar-refractivity contribution in [2.75, 3.05) is 26.8 Å². The van der Waals surface area contributed by atoms with Gasteiger partial charge in [0.2, 0.25) is 5.88 Å². The molecule has 2 fully saturated rings. The zero-order valence-corrected chi connectivity index (χ0v) is 24.4. The van der Waals surface area contributed by atoms with Gasteiger partial charge < -0.3 is 23.5 Å². The minimum atomic E-state index is -0.597. The number of imidazole rings is 1. The van der Waals surface area contributed by atoms with Crippen molar-refractivity contribution < 1.29 is 32.5 Å². The van der Waals surface area contributed by atoms with Crippen molar-refractivity contribution in [1.29, 1.82) is 0 Å². The molecule has 0 amide bonds. The van der Waals surface area contributed by atoms with Crippen LogP contribution in [0.1, 0.15) is 41.1 Å². The number of pyridine rings is 1. The van der Waals surface area contributed by atoms with E-state index in [1.54, 1.807) is 24.3 Å². The first-order chi connectivity index (χ1) is 20.9. The first-order valence-corrected chi connectivity index (χ1v) is 14.6. The Kier molecular flexibility index (Phi) is 8.73. The first kappa shape index (κ1) is 29.3. The third-order valence-electron chi connectivity index (χ3n) is 7.72. The van der Waals surface area contributed by atoms with Gasteiger partial charge in [-0.1, -0.05) is 17.7 Å². The van der Waals surface area contributed by atoms with Gasteiger partial charge in [-0.05, 0) is 55.7 Å². The summed E-state index contributed by atoms with van der Waals surface area (Å²) in [5, 5.41) is 0.300. The molecule has 226 valence electrons. The third-order valence-corrected chi connectivity index (χ3v) is 7.96. The predicted octanol–water partition coefficient (Wildman–Crippen LogP) is 5.56. The van der Waals surface area contributed by atoms with Crippen molar-refractivity contribution in [3.05, 3.63) is 82.3 Å². The van der Waals surface area contributed by atoms with Crippen LogP contribution in [0.5, 0.6) is 11.6 Å². The van der Waals surface area contributed by atoms with Gasteiger partial charge >= 0.3 is 5.97 Å². The van der Waals surface area contributed by atoms with Gasteiger partial charge in [0, 0.05) is 30.8 Å². The lowest BCUT2D eigenvalue weighted by Crippen LogP contribution is -2.39. The SMILES string of the molecule is COC(=O)c1cc(F)c2nc(CN3CCC(Oc4cccc(COc5ccc(Cl)cc5F)n4)CC3)n(C[C@@H]3CCO3)c2c1. The van der Waals surface area contributed by atoms with Crippen LogP contribution in [0.2, 0.25) is 5.02 Å². The van der Waals surface area contributed by atoms with E-state index in [9.17, 15) is 9.18 Å². The van der Waals surface area contributed by atoms with Crippen molar-refractivity contribution in [3.63, 3.8) is 0 Å². The lowest BCUT2D eigenvalue weighted by atomic mass is 10.1. The maximum absolute atomic E-state index is 15.0. The van der Waals surface area contributed by atoms with Crippen LogP contribution in [0.25, 0.3) is 11.0 Å². The topological polar surface area (TPSA) is 87.9 Å². The Morgan fingerprint density at radius 3 is 2.60 bits per heavy atom. The Morgan fingerprint density at radius 1 is 1.07 bits per heavy atom. The molecule has 6 rings (SSSR count). The summed E-state index contributed by atoms with van der Waals surface area (Å²) in [5.74, 6) is -0.384. The molecule has 1 atom stereocenters. The molecule has 0 saturated carbocycles. The van der Waals surface area contributed by atoms with Crippen LogP contribution < -0.4 is 9.47 Å². The van der Waals surface area contributed by atoms with Gasteiger partial charge in [0.1, 0.15) is 24.1 Å². The number of methoxy groups -OCH3 is 1. The number of hydrogen-bond acceptors (Lipinski definition) is 8. The molecule has 2 aliphatic rings. The fourth-order valence-electron chi connectivity index (χ4n) is 5.33. The summed E-state index contributed by atoms with van der Waals surface area (Å²) < 4.78 is 53.2. The lowest BCUT2D eigenvalue weighted by Gasteiger charge is -2.32. The summed E-state index contributed by atoms with van der Waals surface area (Å²) in [6, 6.07) is 12.5. The summed E-state index contributed by atoms with van der Waals surface area (Å²) in [6.45, 7) is 3.35. The Bertz CT molecular complexity index is 1620. The number of rotatable bonds is 10. The predicted molar refractivity (Wildman–Crippen MR) is 154 cm³/mol. The summed E-state index contributed by atoms with van der Waals surface area (Å²) in [6.07, 6.45) is 2.45. The molecule has 12 heteroatoms. The average molecular weight is 613 g/mol. The van der Waals surface area contributed by atoms with Crippen molar-refractivity contribution in [1.82, 2.24) is 19.4 Å². The number of ether oxygens (including phenoxy) is 4. The van der Waals surface area contributed by atoms with Crippen molar-refractivity contribution in [2.45, 2.75) is 51.2 Å². The largest absolute Gasteiger partial charge is 0.484 e. The molecular weight excluding hydrogens is 582 g/mol. The molecule has 0 aliphatic carbocycles. The molecule has 4 aromatic rings. The molecule has 0 unspecified atom stereocenters. The molecule has 0 N–H and O–H groups in total. The molecule has 2 aromatic carbocycles. The van der Waals surface area contributed by atoms with Crippen molar-refractivity contribution in [2.24, 2.45) is 0 Å². The highest BCUT2D eigenvalue weighted by molar-refractivity contribution is 6.30. The zero-order valence-electron chi connectivity index (χ0n) is 23.6. The van der Waals surface area contributed by atoms with Gasteiger partial charge in [-0.3, -0.25) is 4.90 Å². The summed E-state index contributed by atoms with van der Waals surface area (Å²) >= 11 is 5.81. The minimum absolute atomic E-state index is 0.0269. The van der Waals surface area contributed by atoms with Gasteiger partial charge in [-0.25, -0.2) is 23.5 Å². The molecule has 4 heterocycles. The molecule has 2 saturated heterocycles.